The minimum absolute atomic E-state index is 0.263. The fourth-order valence-corrected chi connectivity index (χ4v) is 3.87. The van der Waals surface area contributed by atoms with E-state index in [1.54, 1.807) is 25.1 Å². The fourth-order valence-electron chi connectivity index (χ4n) is 2.33. The first kappa shape index (κ1) is 14.8. The van der Waals surface area contributed by atoms with E-state index in [9.17, 15) is 8.42 Å². The van der Waals surface area contributed by atoms with Crippen molar-refractivity contribution in [1.29, 1.82) is 0 Å². The van der Waals surface area contributed by atoms with Crippen molar-refractivity contribution in [2.45, 2.75) is 37.1 Å². The molecule has 1 unspecified atom stereocenters. The smallest absolute Gasteiger partial charge is 0.240 e. The van der Waals surface area contributed by atoms with Crippen molar-refractivity contribution in [2.75, 3.05) is 13.1 Å². The zero-order chi connectivity index (χ0) is 13.9. The summed E-state index contributed by atoms with van der Waals surface area (Å²) in [6.45, 7) is 3.20. The Labute approximate surface area is 119 Å². The molecule has 2 N–H and O–H groups in total. The first-order valence-corrected chi connectivity index (χ1v) is 8.35. The van der Waals surface area contributed by atoms with Crippen molar-refractivity contribution in [2.24, 2.45) is 0 Å². The van der Waals surface area contributed by atoms with Crippen LogP contribution in [0.5, 0.6) is 0 Å². The van der Waals surface area contributed by atoms with Crippen LogP contribution in [0.1, 0.15) is 24.8 Å². The van der Waals surface area contributed by atoms with Gasteiger partial charge in [0.05, 0.1) is 4.90 Å². The van der Waals surface area contributed by atoms with Gasteiger partial charge in [0.2, 0.25) is 10.0 Å². The summed E-state index contributed by atoms with van der Waals surface area (Å²) in [4.78, 5) is 0.263. The van der Waals surface area contributed by atoms with Gasteiger partial charge in [-0.25, -0.2) is 13.1 Å². The second-order valence-corrected chi connectivity index (χ2v) is 6.99. The average molecular weight is 303 g/mol. The topological polar surface area (TPSA) is 58.2 Å². The lowest BCUT2D eigenvalue weighted by Crippen LogP contribution is -2.31. The zero-order valence-electron chi connectivity index (χ0n) is 10.9. The van der Waals surface area contributed by atoms with Gasteiger partial charge in [-0.2, -0.15) is 0 Å². The number of sulfonamides is 1. The minimum atomic E-state index is -3.47. The third-order valence-electron chi connectivity index (χ3n) is 3.45. The van der Waals surface area contributed by atoms with Crippen LogP contribution in [0.3, 0.4) is 0 Å². The Balaban J connectivity index is 1.99. The predicted molar refractivity (Wildman–Crippen MR) is 77.0 cm³/mol. The number of halogens is 1. The largest absolute Gasteiger partial charge is 0.314 e. The van der Waals surface area contributed by atoms with Gasteiger partial charge in [-0.05, 0) is 50.4 Å². The Morgan fingerprint density at radius 2 is 2.26 bits per heavy atom. The molecule has 0 amide bonds. The molecular weight excluding hydrogens is 284 g/mol. The van der Waals surface area contributed by atoms with Gasteiger partial charge in [0.15, 0.2) is 0 Å². The van der Waals surface area contributed by atoms with Crippen LogP contribution in [-0.4, -0.2) is 27.5 Å². The molecule has 1 aliphatic rings. The lowest BCUT2D eigenvalue weighted by atomic mass is 10.2. The summed E-state index contributed by atoms with van der Waals surface area (Å²) in [6, 6.07) is 5.36. The van der Waals surface area contributed by atoms with Crippen LogP contribution >= 0.6 is 11.6 Å². The van der Waals surface area contributed by atoms with E-state index in [1.807, 2.05) is 0 Å². The summed E-state index contributed by atoms with van der Waals surface area (Å²) < 4.78 is 27.0. The molecule has 0 radical (unpaired) electrons. The molecule has 0 aliphatic carbocycles. The Morgan fingerprint density at radius 1 is 1.47 bits per heavy atom. The van der Waals surface area contributed by atoms with Crippen LogP contribution in [-0.2, 0) is 10.0 Å². The first-order valence-electron chi connectivity index (χ1n) is 6.49. The van der Waals surface area contributed by atoms with Gasteiger partial charge < -0.3 is 5.32 Å². The maximum Gasteiger partial charge on any atom is 0.240 e. The lowest BCUT2D eigenvalue weighted by Gasteiger charge is -2.12. The molecule has 1 heterocycles. The number of benzene rings is 1. The van der Waals surface area contributed by atoms with Gasteiger partial charge >= 0.3 is 0 Å². The molecule has 0 aromatic heterocycles. The number of hydrogen-bond donors (Lipinski definition) is 2. The third-order valence-corrected chi connectivity index (χ3v) is 5.47. The van der Waals surface area contributed by atoms with Crippen LogP contribution in [0.15, 0.2) is 23.1 Å². The molecule has 1 aromatic carbocycles. The number of rotatable bonds is 5. The second kappa shape index (κ2) is 6.22. The molecule has 0 bridgehead atoms. The lowest BCUT2D eigenvalue weighted by molar-refractivity contribution is 0.539. The molecule has 1 fully saturated rings. The SMILES string of the molecule is Cc1c(Cl)cccc1S(=O)(=O)NCCC1CCCN1. The number of hydrogen-bond acceptors (Lipinski definition) is 3. The fraction of sp³-hybridized carbons (Fsp3) is 0.538. The highest BCUT2D eigenvalue weighted by molar-refractivity contribution is 7.89. The van der Waals surface area contributed by atoms with Gasteiger partial charge in [-0.15, -0.1) is 0 Å². The Bertz CT molecular complexity index is 540. The molecule has 0 saturated carbocycles. The molecule has 1 aromatic rings. The van der Waals surface area contributed by atoms with Crippen molar-refractivity contribution in [3.63, 3.8) is 0 Å². The van der Waals surface area contributed by atoms with Crippen LogP contribution in [0, 0.1) is 6.92 Å². The Kier molecular flexibility index (Phi) is 4.84. The molecule has 0 spiro atoms. The van der Waals surface area contributed by atoms with E-state index in [0.29, 0.717) is 23.2 Å². The van der Waals surface area contributed by atoms with Crippen LogP contribution in [0.25, 0.3) is 0 Å². The molecule has 1 aliphatic heterocycles. The molecule has 106 valence electrons. The van der Waals surface area contributed by atoms with E-state index in [-0.39, 0.29) is 4.90 Å². The predicted octanol–water partition coefficient (Wildman–Crippen LogP) is 2.07. The highest BCUT2D eigenvalue weighted by atomic mass is 35.5. The molecule has 19 heavy (non-hydrogen) atoms. The van der Waals surface area contributed by atoms with Gasteiger partial charge in [0.25, 0.3) is 0 Å². The quantitative estimate of drug-likeness (QED) is 0.875. The van der Waals surface area contributed by atoms with Gasteiger partial charge in [0.1, 0.15) is 0 Å². The summed E-state index contributed by atoms with van der Waals surface area (Å²) in [5.74, 6) is 0. The first-order chi connectivity index (χ1) is 9.00. The van der Waals surface area contributed by atoms with Crippen molar-refractivity contribution in [1.82, 2.24) is 10.0 Å². The van der Waals surface area contributed by atoms with Crippen LogP contribution in [0.4, 0.5) is 0 Å². The third kappa shape index (κ3) is 3.69. The second-order valence-electron chi connectivity index (χ2n) is 4.84. The Morgan fingerprint density at radius 3 is 2.95 bits per heavy atom. The molecule has 1 saturated heterocycles. The van der Waals surface area contributed by atoms with E-state index >= 15 is 0 Å². The summed E-state index contributed by atoms with van der Waals surface area (Å²) >= 11 is 5.96. The standard InChI is InChI=1S/C13H19ClN2O2S/c1-10-12(14)5-2-6-13(10)19(17,18)16-9-7-11-4-3-8-15-11/h2,5-6,11,15-16H,3-4,7-9H2,1H3. The van der Waals surface area contributed by atoms with Crippen LogP contribution < -0.4 is 10.0 Å². The molecule has 1 atom stereocenters. The van der Waals surface area contributed by atoms with E-state index in [1.165, 1.54) is 6.42 Å². The molecule has 6 heteroatoms. The normalized spacial score (nSPS) is 19.8. The molecule has 2 rings (SSSR count). The molecular formula is C13H19ClN2O2S. The Hall–Kier alpha value is -0.620. The van der Waals surface area contributed by atoms with Gasteiger partial charge in [0, 0.05) is 17.6 Å². The van der Waals surface area contributed by atoms with E-state index < -0.39 is 10.0 Å². The minimum Gasteiger partial charge on any atom is -0.314 e. The summed E-state index contributed by atoms with van der Waals surface area (Å²) in [7, 11) is -3.47. The number of nitrogens with one attached hydrogen (secondary N) is 2. The van der Waals surface area contributed by atoms with Crippen molar-refractivity contribution in [3.8, 4) is 0 Å². The summed E-state index contributed by atoms with van der Waals surface area (Å²) in [5.41, 5.74) is 0.593. The summed E-state index contributed by atoms with van der Waals surface area (Å²) in [6.07, 6.45) is 3.11. The maximum absolute atomic E-state index is 12.2. The zero-order valence-corrected chi connectivity index (χ0v) is 12.5. The van der Waals surface area contributed by atoms with Crippen molar-refractivity contribution in [3.05, 3.63) is 28.8 Å². The highest BCUT2D eigenvalue weighted by Crippen LogP contribution is 2.22. The highest BCUT2D eigenvalue weighted by Gasteiger charge is 2.19. The van der Waals surface area contributed by atoms with Gasteiger partial charge in [-0.1, -0.05) is 17.7 Å². The summed E-state index contributed by atoms with van der Waals surface area (Å²) in [5, 5.41) is 3.82. The average Bonchev–Trinajstić information content (AvgIpc) is 2.85. The maximum atomic E-state index is 12.2. The molecule has 4 nitrogen and oxygen atoms in total. The van der Waals surface area contributed by atoms with E-state index in [2.05, 4.69) is 10.0 Å². The van der Waals surface area contributed by atoms with Gasteiger partial charge in [-0.3, -0.25) is 0 Å². The van der Waals surface area contributed by atoms with Crippen LogP contribution in [0.2, 0.25) is 5.02 Å². The van der Waals surface area contributed by atoms with Crippen molar-refractivity contribution >= 4 is 21.6 Å². The van der Waals surface area contributed by atoms with Crippen molar-refractivity contribution < 1.29 is 8.42 Å². The monoisotopic (exact) mass is 302 g/mol. The van der Waals surface area contributed by atoms with E-state index in [0.717, 1.165) is 19.4 Å². The van der Waals surface area contributed by atoms with E-state index in [4.69, 9.17) is 11.6 Å².